The summed E-state index contributed by atoms with van der Waals surface area (Å²) in [6, 6.07) is 4.52. The largest absolute Gasteiger partial charge is 0.494 e. The predicted octanol–water partition coefficient (Wildman–Crippen LogP) is 3.24. The minimum Gasteiger partial charge on any atom is -0.494 e. The van der Waals surface area contributed by atoms with E-state index < -0.39 is 11.8 Å². The molecule has 0 aliphatic carbocycles. The molecule has 106 valence electrons. The van der Waals surface area contributed by atoms with Gasteiger partial charge in [0.05, 0.1) is 19.9 Å². The van der Waals surface area contributed by atoms with Crippen LogP contribution in [0.3, 0.4) is 0 Å². The molecule has 1 heterocycles. The molecule has 2 aromatic rings. The highest BCUT2D eigenvalue weighted by Crippen LogP contribution is 2.39. The second-order valence-corrected chi connectivity index (χ2v) is 5.16. The third kappa shape index (κ3) is 2.34. The van der Waals surface area contributed by atoms with Gasteiger partial charge >= 0.3 is 5.97 Å². The van der Waals surface area contributed by atoms with E-state index in [0.29, 0.717) is 10.6 Å². The Balaban J connectivity index is 2.56. The number of thiophene rings is 1. The molecule has 0 atom stereocenters. The standard InChI is InChI=1S/C14H14FNO3S/c1-7-11(16)13(14(17)19-3)20-12(7)8-4-5-9(15)10(6-8)18-2/h4-6H,16H2,1-3H3. The van der Waals surface area contributed by atoms with Gasteiger partial charge < -0.3 is 15.2 Å². The van der Waals surface area contributed by atoms with E-state index in [9.17, 15) is 9.18 Å². The van der Waals surface area contributed by atoms with Crippen molar-refractivity contribution < 1.29 is 18.7 Å². The minimum absolute atomic E-state index is 0.147. The molecule has 0 amide bonds. The molecule has 0 fully saturated rings. The lowest BCUT2D eigenvalue weighted by Gasteiger charge is -2.05. The van der Waals surface area contributed by atoms with E-state index in [1.54, 1.807) is 12.1 Å². The molecular formula is C14H14FNO3S. The fourth-order valence-corrected chi connectivity index (χ4v) is 2.99. The number of esters is 1. The number of halogens is 1. The highest BCUT2D eigenvalue weighted by atomic mass is 32.1. The second kappa shape index (κ2) is 5.50. The Morgan fingerprint density at radius 3 is 2.65 bits per heavy atom. The van der Waals surface area contributed by atoms with Crippen LogP contribution in [0.5, 0.6) is 5.75 Å². The van der Waals surface area contributed by atoms with Crippen molar-refractivity contribution in [2.45, 2.75) is 6.92 Å². The molecular weight excluding hydrogens is 281 g/mol. The number of hydrogen-bond acceptors (Lipinski definition) is 5. The summed E-state index contributed by atoms with van der Waals surface area (Å²) < 4.78 is 23.1. The van der Waals surface area contributed by atoms with Gasteiger partial charge in [0.2, 0.25) is 0 Å². The van der Waals surface area contributed by atoms with Crippen molar-refractivity contribution >= 4 is 23.0 Å². The van der Waals surface area contributed by atoms with Crippen LogP contribution in [0.25, 0.3) is 10.4 Å². The van der Waals surface area contributed by atoms with Crippen LogP contribution < -0.4 is 10.5 Å². The lowest BCUT2D eigenvalue weighted by molar-refractivity contribution is 0.0607. The molecule has 0 radical (unpaired) electrons. The van der Waals surface area contributed by atoms with Crippen molar-refractivity contribution in [1.82, 2.24) is 0 Å². The van der Waals surface area contributed by atoms with Gasteiger partial charge in [0.25, 0.3) is 0 Å². The van der Waals surface area contributed by atoms with E-state index in [0.717, 1.165) is 16.0 Å². The van der Waals surface area contributed by atoms with Crippen LogP contribution in [0.4, 0.5) is 10.1 Å². The molecule has 6 heteroatoms. The highest BCUT2D eigenvalue weighted by Gasteiger charge is 2.20. The normalized spacial score (nSPS) is 10.4. The first-order valence-corrected chi connectivity index (χ1v) is 6.62. The van der Waals surface area contributed by atoms with Crippen LogP contribution in [0.1, 0.15) is 15.2 Å². The molecule has 1 aromatic heterocycles. The summed E-state index contributed by atoms with van der Waals surface area (Å²) in [5.41, 5.74) is 7.82. The zero-order valence-corrected chi connectivity index (χ0v) is 12.1. The Bertz CT molecular complexity index is 667. The van der Waals surface area contributed by atoms with Crippen LogP contribution >= 0.6 is 11.3 Å². The number of methoxy groups -OCH3 is 2. The molecule has 2 N–H and O–H groups in total. The van der Waals surface area contributed by atoms with Gasteiger partial charge in [-0.1, -0.05) is 6.07 Å². The number of hydrogen-bond donors (Lipinski definition) is 1. The van der Waals surface area contributed by atoms with Crippen molar-refractivity contribution in [3.8, 4) is 16.2 Å². The van der Waals surface area contributed by atoms with Crippen molar-refractivity contribution in [3.05, 3.63) is 34.5 Å². The maximum Gasteiger partial charge on any atom is 0.350 e. The van der Waals surface area contributed by atoms with E-state index in [2.05, 4.69) is 0 Å². The van der Waals surface area contributed by atoms with E-state index >= 15 is 0 Å². The number of benzene rings is 1. The van der Waals surface area contributed by atoms with Gasteiger partial charge in [0.15, 0.2) is 11.6 Å². The number of carbonyl (C=O) groups is 1. The third-order valence-corrected chi connectivity index (χ3v) is 4.31. The molecule has 4 nitrogen and oxygen atoms in total. The fourth-order valence-electron chi connectivity index (χ4n) is 1.85. The summed E-state index contributed by atoms with van der Waals surface area (Å²) in [6.07, 6.45) is 0. The van der Waals surface area contributed by atoms with Crippen molar-refractivity contribution in [1.29, 1.82) is 0 Å². The Hall–Kier alpha value is -2.08. The molecule has 0 unspecified atom stereocenters. The van der Waals surface area contributed by atoms with Gasteiger partial charge in [-0.05, 0) is 30.2 Å². The van der Waals surface area contributed by atoms with E-state index in [1.807, 2.05) is 6.92 Å². The van der Waals surface area contributed by atoms with Crippen LogP contribution in [-0.2, 0) is 4.74 Å². The summed E-state index contributed by atoms with van der Waals surface area (Å²) in [5.74, 6) is -0.768. The van der Waals surface area contributed by atoms with Gasteiger partial charge in [-0.2, -0.15) is 0 Å². The Labute approximate surface area is 119 Å². The average Bonchev–Trinajstić information content (AvgIpc) is 2.75. The number of carbonyl (C=O) groups excluding carboxylic acids is 1. The zero-order chi connectivity index (χ0) is 14.9. The van der Waals surface area contributed by atoms with Gasteiger partial charge in [-0.15, -0.1) is 11.3 Å². The molecule has 20 heavy (non-hydrogen) atoms. The van der Waals surface area contributed by atoms with Crippen LogP contribution in [0, 0.1) is 12.7 Å². The summed E-state index contributed by atoms with van der Waals surface area (Å²) in [6.45, 7) is 1.81. The topological polar surface area (TPSA) is 61.5 Å². The van der Waals surface area contributed by atoms with E-state index in [-0.39, 0.29) is 5.75 Å². The first kappa shape index (κ1) is 14.3. The van der Waals surface area contributed by atoms with Crippen molar-refractivity contribution in [2.24, 2.45) is 0 Å². The van der Waals surface area contributed by atoms with Crippen LogP contribution in [-0.4, -0.2) is 20.2 Å². The molecule has 1 aromatic carbocycles. The summed E-state index contributed by atoms with van der Waals surface area (Å²) in [4.78, 5) is 12.8. The first-order valence-electron chi connectivity index (χ1n) is 5.80. The molecule has 0 bridgehead atoms. The summed E-state index contributed by atoms with van der Waals surface area (Å²) >= 11 is 1.22. The lowest BCUT2D eigenvalue weighted by Crippen LogP contribution is -2.01. The lowest BCUT2D eigenvalue weighted by atomic mass is 10.1. The third-order valence-electron chi connectivity index (χ3n) is 2.98. The maximum absolute atomic E-state index is 13.4. The minimum atomic E-state index is -0.476. The van der Waals surface area contributed by atoms with Crippen LogP contribution in [0.2, 0.25) is 0 Å². The fraction of sp³-hybridized carbons (Fsp3) is 0.214. The molecule has 0 saturated carbocycles. The maximum atomic E-state index is 13.4. The predicted molar refractivity (Wildman–Crippen MR) is 76.8 cm³/mol. The van der Waals surface area contributed by atoms with Gasteiger partial charge in [-0.25, -0.2) is 9.18 Å². The Morgan fingerprint density at radius 2 is 2.05 bits per heavy atom. The summed E-state index contributed by atoms with van der Waals surface area (Å²) in [7, 11) is 2.70. The average molecular weight is 295 g/mol. The number of nitrogen functional groups attached to an aromatic ring is 1. The first-order chi connectivity index (χ1) is 9.49. The summed E-state index contributed by atoms with van der Waals surface area (Å²) in [5, 5.41) is 0. The SMILES string of the molecule is COC(=O)c1sc(-c2ccc(F)c(OC)c2)c(C)c1N. The number of nitrogens with two attached hydrogens (primary N) is 1. The number of anilines is 1. The van der Waals surface area contributed by atoms with Crippen molar-refractivity contribution in [2.75, 3.05) is 20.0 Å². The monoisotopic (exact) mass is 295 g/mol. The number of ether oxygens (including phenoxy) is 2. The highest BCUT2D eigenvalue weighted by molar-refractivity contribution is 7.18. The molecule has 0 aliphatic heterocycles. The smallest absolute Gasteiger partial charge is 0.350 e. The molecule has 0 saturated heterocycles. The Kier molecular flexibility index (Phi) is 3.94. The zero-order valence-electron chi connectivity index (χ0n) is 11.3. The van der Waals surface area contributed by atoms with Gasteiger partial charge in [0, 0.05) is 4.88 Å². The van der Waals surface area contributed by atoms with E-state index in [4.69, 9.17) is 15.2 Å². The number of rotatable bonds is 3. The molecule has 0 spiro atoms. The van der Waals surface area contributed by atoms with Crippen molar-refractivity contribution in [3.63, 3.8) is 0 Å². The van der Waals surface area contributed by atoms with Gasteiger partial charge in [0.1, 0.15) is 4.88 Å². The van der Waals surface area contributed by atoms with Crippen LogP contribution in [0.15, 0.2) is 18.2 Å². The molecule has 2 rings (SSSR count). The quantitative estimate of drug-likeness (QED) is 0.883. The van der Waals surface area contributed by atoms with Gasteiger partial charge in [-0.3, -0.25) is 0 Å². The second-order valence-electron chi connectivity index (χ2n) is 4.14. The van der Waals surface area contributed by atoms with E-state index in [1.165, 1.54) is 31.6 Å². The Morgan fingerprint density at radius 1 is 1.35 bits per heavy atom. The molecule has 0 aliphatic rings.